The first-order valence-electron chi connectivity index (χ1n) is 8.54. The lowest BCUT2D eigenvalue weighted by Gasteiger charge is -2.21. The van der Waals surface area contributed by atoms with Crippen LogP contribution in [0.2, 0.25) is 0 Å². The Kier molecular flexibility index (Phi) is 5.56. The zero-order chi connectivity index (χ0) is 19.4. The van der Waals surface area contributed by atoms with Crippen LogP contribution in [0, 0.1) is 17.0 Å². The number of rotatable bonds is 6. The third-order valence-electron chi connectivity index (χ3n) is 4.10. The van der Waals surface area contributed by atoms with Crippen molar-refractivity contribution in [2.45, 2.75) is 13.5 Å². The molecule has 1 aliphatic heterocycles. The molecule has 0 unspecified atom stereocenters. The number of likely N-dealkylation sites (N-methyl/N-ethyl adjacent to an activating group) is 1. The van der Waals surface area contributed by atoms with E-state index in [1.165, 1.54) is 6.07 Å². The number of carbonyl (C=O) groups excluding carboxylic acids is 1. The quantitative estimate of drug-likeness (QED) is 0.620. The van der Waals surface area contributed by atoms with Crippen LogP contribution in [-0.4, -0.2) is 42.5 Å². The van der Waals surface area contributed by atoms with Crippen LogP contribution in [-0.2, 0) is 11.3 Å². The number of carbonyl (C=O) groups is 1. The molecule has 0 bridgehead atoms. The van der Waals surface area contributed by atoms with Gasteiger partial charge in [-0.3, -0.25) is 19.8 Å². The second kappa shape index (κ2) is 8.05. The van der Waals surface area contributed by atoms with Crippen molar-refractivity contribution < 1.29 is 19.2 Å². The molecule has 1 amide bonds. The molecule has 0 saturated carbocycles. The molecule has 0 saturated heterocycles. The maximum atomic E-state index is 12.3. The van der Waals surface area contributed by atoms with Crippen LogP contribution < -0.4 is 14.8 Å². The number of aryl methyl sites for hydroxylation is 1. The number of nitrogens with zero attached hydrogens (tertiary/aromatic N) is 2. The Morgan fingerprint density at radius 1 is 1.19 bits per heavy atom. The Labute approximate surface area is 156 Å². The van der Waals surface area contributed by atoms with Crippen molar-refractivity contribution in [1.29, 1.82) is 0 Å². The van der Waals surface area contributed by atoms with Crippen molar-refractivity contribution in [1.82, 2.24) is 4.90 Å². The fraction of sp³-hybridized carbons (Fsp3) is 0.316. The van der Waals surface area contributed by atoms with Crippen molar-refractivity contribution in [3.8, 4) is 11.5 Å². The topological polar surface area (TPSA) is 93.9 Å². The van der Waals surface area contributed by atoms with E-state index in [9.17, 15) is 14.9 Å². The second-order valence-corrected chi connectivity index (χ2v) is 6.48. The van der Waals surface area contributed by atoms with Crippen LogP contribution >= 0.6 is 0 Å². The Balaban J connectivity index is 1.60. The van der Waals surface area contributed by atoms with E-state index >= 15 is 0 Å². The lowest BCUT2D eigenvalue weighted by atomic mass is 10.2. The van der Waals surface area contributed by atoms with Crippen molar-refractivity contribution in [3.05, 3.63) is 57.6 Å². The van der Waals surface area contributed by atoms with Gasteiger partial charge in [-0.25, -0.2) is 0 Å². The average Bonchev–Trinajstić information content (AvgIpc) is 2.62. The fourth-order valence-electron chi connectivity index (χ4n) is 2.89. The summed E-state index contributed by atoms with van der Waals surface area (Å²) in [6, 6.07) is 10.4. The molecule has 27 heavy (non-hydrogen) atoms. The molecule has 1 N–H and O–H groups in total. The van der Waals surface area contributed by atoms with Crippen LogP contribution in [0.1, 0.15) is 11.1 Å². The lowest BCUT2D eigenvalue weighted by Crippen LogP contribution is -2.30. The summed E-state index contributed by atoms with van der Waals surface area (Å²) in [5.74, 6) is 1.10. The van der Waals surface area contributed by atoms with E-state index in [1.807, 2.05) is 23.1 Å². The fourth-order valence-corrected chi connectivity index (χ4v) is 2.89. The van der Waals surface area contributed by atoms with Crippen LogP contribution in [0.15, 0.2) is 36.4 Å². The first-order valence-corrected chi connectivity index (χ1v) is 8.54. The minimum absolute atomic E-state index is 0.0967. The maximum absolute atomic E-state index is 12.3. The van der Waals surface area contributed by atoms with E-state index in [1.54, 1.807) is 26.1 Å². The summed E-state index contributed by atoms with van der Waals surface area (Å²) in [5, 5.41) is 13.8. The van der Waals surface area contributed by atoms with Gasteiger partial charge in [0.05, 0.1) is 11.5 Å². The molecule has 1 heterocycles. The zero-order valence-electron chi connectivity index (χ0n) is 15.2. The smallest absolute Gasteiger partial charge is 0.293 e. The summed E-state index contributed by atoms with van der Waals surface area (Å²) in [7, 11) is 1.81. The van der Waals surface area contributed by atoms with Gasteiger partial charge in [0.25, 0.3) is 5.69 Å². The van der Waals surface area contributed by atoms with Gasteiger partial charge >= 0.3 is 0 Å². The number of hydrogen-bond acceptors (Lipinski definition) is 6. The zero-order valence-corrected chi connectivity index (χ0v) is 15.2. The van der Waals surface area contributed by atoms with Gasteiger partial charge in [0, 0.05) is 12.6 Å². The highest BCUT2D eigenvalue weighted by Crippen LogP contribution is 2.31. The number of anilines is 1. The van der Waals surface area contributed by atoms with Crippen LogP contribution in [0.3, 0.4) is 0 Å². The largest absolute Gasteiger partial charge is 0.486 e. The van der Waals surface area contributed by atoms with Gasteiger partial charge in [-0.05, 0) is 43.3 Å². The molecule has 0 aromatic heterocycles. The van der Waals surface area contributed by atoms with Crippen LogP contribution in [0.25, 0.3) is 0 Å². The van der Waals surface area contributed by atoms with E-state index in [0.29, 0.717) is 25.5 Å². The van der Waals surface area contributed by atoms with Crippen molar-refractivity contribution >= 4 is 17.3 Å². The number of hydrogen-bond donors (Lipinski definition) is 1. The van der Waals surface area contributed by atoms with Gasteiger partial charge < -0.3 is 14.8 Å². The first-order chi connectivity index (χ1) is 12.9. The normalized spacial score (nSPS) is 12.7. The highest BCUT2D eigenvalue weighted by Gasteiger charge is 2.17. The van der Waals surface area contributed by atoms with E-state index < -0.39 is 4.92 Å². The van der Waals surface area contributed by atoms with E-state index in [-0.39, 0.29) is 23.8 Å². The van der Waals surface area contributed by atoms with Gasteiger partial charge in [-0.1, -0.05) is 12.1 Å². The minimum Gasteiger partial charge on any atom is -0.486 e. The van der Waals surface area contributed by atoms with Crippen molar-refractivity contribution in [3.63, 3.8) is 0 Å². The van der Waals surface area contributed by atoms with E-state index in [0.717, 1.165) is 16.9 Å². The maximum Gasteiger partial charge on any atom is 0.293 e. The standard InChI is InChI=1S/C19H21N3O5/c1-13-3-5-15(16(9-13)22(24)25)20-19(23)12-21(2)11-14-4-6-17-18(10-14)27-8-7-26-17/h3-6,9-10H,7-8,11-12H2,1-2H3,(H,20,23). The van der Waals surface area contributed by atoms with Gasteiger partial charge in [-0.2, -0.15) is 0 Å². The van der Waals surface area contributed by atoms with Gasteiger partial charge in [0.15, 0.2) is 11.5 Å². The Bertz CT molecular complexity index is 868. The summed E-state index contributed by atoms with van der Waals surface area (Å²) in [5.41, 5.74) is 1.83. The number of fused-ring (bicyclic) bond motifs is 1. The molecular formula is C19H21N3O5. The molecule has 8 nitrogen and oxygen atoms in total. The molecule has 0 spiro atoms. The lowest BCUT2D eigenvalue weighted by molar-refractivity contribution is -0.384. The third-order valence-corrected chi connectivity index (χ3v) is 4.10. The Morgan fingerprint density at radius 2 is 1.93 bits per heavy atom. The molecule has 2 aromatic carbocycles. The van der Waals surface area contributed by atoms with Gasteiger partial charge in [0.2, 0.25) is 5.91 Å². The van der Waals surface area contributed by atoms with Crippen LogP contribution in [0.4, 0.5) is 11.4 Å². The first kappa shape index (κ1) is 18.7. The summed E-state index contributed by atoms with van der Waals surface area (Å²) in [6.45, 7) is 3.45. The summed E-state index contributed by atoms with van der Waals surface area (Å²) >= 11 is 0. The molecule has 2 aromatic rings. The third kappa shape index (κ3) is 4.73. The van der Waals surface area contributed by atoms with Gasteiger partial charge in [-0.15, -0.1) is 0 Å². The Hall–Kier alpha value is -3.13. The molecular weight excluding hydrogens is 350 g/mol. The number of amides is 1. The summed E-state index contributed by atoms with van der Waals surface area (Å²) in [4.78, 5) is 24.8. The number of nitro groups is 1. The average molecular weight is 371 g/mol. The van der Waals surface area contributed by atoms with Gasteiger partial charge in [0.1, 0.15) is 18.9 Å². The van der Waals surface area contributed by atoms with Crippen molar-refractivity contribution in [2.75, 3.05) is 32.1 Å². The highest BCUT2D eigenvalue weighted by atomic mass is 16.6. The monoisotopic (exact) mass is 371 g/mol. The SMILES string of the molecule is Cc1ccc(NC(=O)CN(C)Cc2ccc3c(c2)OCCO3)c([N+](=O)[O-])c1. The summed E-state index contributed by atoms with van der Waals surface area (Å²) < 4.78 is 11.1. The minimum atomic E-state index is -0.498. The molecule has 0 atom stereocenters. The van der Waals surface area contributed by atoms with Crippen molar-refractivity contribution in [2.24, 2.45) is 0 Å². The molecule has 0 fully saturated rings. The Morgan fingerprint density at radius 3 is 2.67 bits per heavy atom. The highest BCUT2D eigenvalue weighted by molar-refractivity contribution is 5.94. The molecule has 0 aliphatic carbocycles. The van der Waals surface area contributed by atoms with Crippen LogP contribution in [0.5, 0.6) is 11.5 Å². The number of nitrogens with one attached hydrogen (secondary N) is 1. The number of benzene rings is 2. The second-order valence-electron chi connectivity index (χ2n) is 6.48. The molecule has 0 radical (unpaired) electrons. The molecule has 1 aliphatic rings. The van der Waals surface area contributed by atoms with E-state index in [4.69, 9.17) is 9.47 Å². The summed E-state index contributed by atoms with van der Waals surface area (Å²) in [6.07, 6.45) is 0. The molecule has 3 rings (SSSR count). The number of nitro benzene ring substituents is 1. The number of ether oxygens (including phenoxy) is 2. The molecule has 8 heteroatoms. The predicted molar refractivity (Wildman–Crippen MR) is 100 cm³/mol. The van der Waals surface area contributed by atoms with E-state index in [2.05, 4.69) is 5.32 Å². The molecule has 142 valence electrons. The predicted octanol–water partition coefficient (Wildman–Crippen LogP) is 2.74.